The molecule has 1 fully saturated rings. The van der Waals surface area contributed by atoms with Crippen LogP contribution in [-0.4, -0.2) is 54.0 Å². The highest BCUT2D eigenvalue weighted by Crippen LogP contribution is 2.32. The topological polar surface area (TPSA) is 92.4 Å². The Morgan fingerprint density at radius 3 is 2.40 bits per heavy atom. The summed E-state index contributed by atoms with van der Waals surface area (Å²) in [6.07, 6.45) is 1.23. The zero-order chi connectivity index (χ0) is 21.6. The fraction of sp³-hybridized carbons (Fsp3) is 0.316. The summed E-state index contributed by atoms with van der Waals surface area (Å²) in [6.45, 7) is 3.63. The molecule has 1 aromatic carbocycles. The van der Waals surface area contributed by atoms with E-state index >= 15 is 4.39 Å². The predicted molar refractivity (Wildman–Crippen MR) is 104 cm³/mol. The van der Waals surface area contributed by atoms with Crippen LogP contribution in [0.1, 0.15) is 11.5 Å². The van der Waals surface area contributed by atoms with Gasteiger partial charge in [0.25, 0.3) is 0 Å². The van der Waals surface area contributed by atoms with Gasteiger partial charge in [-0.2, -0.15) is 4.31 Å². The highest BCUT2D eigenvalue weighted by molar-refractivity contribution is 7.89. The smallest absolute Gasteiger partial charge is 0.248 e. The molecule has 1 aliphatic heterocycles. The Bertz CT molecular complexity index is 1170. The number of anilines is 1. The molecule has 1 saturated heterocycles. The van der Waals surface area contributed by atoms with Gasteiger partial charge in [0.1, 0.15) is 28.4 Å². The van der Waals surface area contributed by atoms with Gasteiger partial charge < -0.3 is 9.42 Å². The van der Waals surface area contributed by atoms with Crippen molar-refractivity contribution in [2.75, 3.05) is 25.0 Å². The number of likely N-dealkylation sites (N-methyl/N-ethyl adjacent to an activating group) is 1. The van der Waals surface area contributed by atoms with E-state index in [1.165, 1.54) is 41.9 Å². The van der Waals surface area contributed by atoms with Crippen LogP contribution >= 0.6 is 0 Å². The minimum absolute atomic E-state index is 0.0512. The summed E-state index contributed by atoms with van der Waals surface area (Å²) >= 11 is 0. The number of hydrogen-bond donors (Lipinski definition) is 0. The minimum atomic E-state index is -3.80. The second kappa shape index (κ2) is 7.40. The number of halogens is 2. The average molecular weight is 435 g/mol. The molecular formula is C19H19F2N5O3S. The quantitative estimate of drug-likeness (QED) is 0.608. The van der Waals surface area contributed by atoms with E-state index in [0.29, 0.717) is 11.3 Å². The molecule has 0 amide bonds. The number of rotatable bonds is 5. The van der Waals surface area contributed by atoms with Gasteiger partial charge >= 0.3 is 0 Å². The molecule has 0 saturated carbocycles. The highest BCUT2D eigenvalue weighted by Gasteiger charge is 2.40. The Morgan fingerprint density at radius 1 is 1.13 bits per heavy atom. The van der Waals surface area contributed by atoms with Gasteiger partial charge in [-0.25, -0.2) is 27.2 Å². The Balaban J connectivity index is 1.53. The third-order valence-electron chi connectivity index (χ3n) is 5.17. The fourth-order valence-electron chi connectivity index (χ4n) is 3.43. The van der Waals surface area contributed by atoms with E-state index in [-0.39, 0.29) is 41.3 Å². The summed E-state index contributed by atoms with van der Waals surface area (Å²) in [5.74, 6) is -0.773. The van der Waals surface area contributed by atoms with E-state index in [4.69, 9.17) is 4.52 Å². The first-order chi connectivity index (χ1) is 14.2. The molecule has 0 aliphatic carbocycles. The first-order valence-corrected chi connectivity index (χ1v) is 10.6. The molecule has 8 nitrogen and oxygen atoms in total. The highest BCUT2D eigenvalue weighted by atomic mass is 32.2. The molecular weight excluding hydrogens is 416 g/mol. The van der Waals surface area contributed by atoms with Crippen molar-refractivity contribution in [3.8, 4) is 11.3 Å². The van der Waals surface area contributed by atoms with Crippen LogP contribution in [0.2, 0.25) is 0 Å². The van der Waals surface area contributed by atoms with Crippen molar-refractivity contribution < 1.29 is 21.7 Å². The number of sulfonamides is 1. The molecule has 0 bridgehead atoms. The molecule has 158 valence electrons. The van der Waals surface area contributed by atoms with E-state index in [0.717, 1.165) is 0 Å². The van der Waals surface area contributed by atoms with Crippen LogP contribution in [0.25, 0.3) is 11.3 Å². The third-order valence-corrected chi connectivity index (χ3v) is 7.32. The van der Waals surface area contributed by atoms with Crippen molar-refractivity contribution in [2.45, 2.75) is 24.8 Å². The van der Waals surface area contributed by atoms with Crippen molar-refractivity contribution in [3.63, 3.8) is 0 Å². The summed E-state index contributed by atoms with van der Waals surface area (Å²) in [5, 5.41) is 3.70. The van der Waals surface area contributed by atoms with Crippen LogP contribution in [0, 0.1) is 25.5 Å². The van der Waals surface area contributed by atoms with Crippen LogP contribution in [-0.2, 0) is 10.0 Å². The molecule has 0 atom stereocenters. The SMILES string of the molecule is Cc1noc(C)c1S(=O)(=O)N(C)C1CN(c2ncnc(-c3ccc(F)cc3)c2F)C1. The Morgan fingerprint density at radius 2 is 1.80 bits per heavy atom. The maximum Gasteiger partial charge on any atom is 0.248 e. The van der Waals surface area contributed by atoms with Gasteiger partial charge in [-0.05, 0) is 38.1 Å². The van der Waals surface area contributed by atoms with Gasteiger partial charge in [-0.3, -0.25) is 0 Å². The summed E-state index contributed by atoms with van der Waals surface area (Å²) in [6, 6.07) is 4.96. The lowest BCUT2D eigenvalue weighted by atomic mass is 10.1. The van der Waals surface area contributed by atoms with Crippen LogP contribution in [0.5, 0.6) is 0 Å². The molecule has 0 spiro atoms. The number of hydrogen-bond acceptors (Lipinski definition) is 7. The van der Waals surface area contributed by atoms with Gasteiger partial charge in [-0.15, -0.1) is 0 Å². The minimum Gasteiger partial charge on any atom is -0.360 e. The Hall–Kier alpha value is -2.92. The Kier molecular flexibility index (Phi) is 5.02. The summed E-state index contributed by atoms with van der Waals surface area (Å²) in [7, 11) is -2.32. The number of benzene rings is 1. The van der Waals surface area contributed by atoms with Gasteiger partial charge in [0.2, 0.25) is 10.0 Å². The van der Waals surface area contributed by atoms with Crippen LogP contribution in [0.4, 0.5) is 14.6 Å². The largest absolute Gasteiger partial charge is 0.360 e. The van der Waals surface area contributed by atoms with E-state index in [1.54, 1.807) is 18.7 Å². The molecule has 30 heavy (non-hydrogen) atoms. The standard InChI is InChI=1S/C19H19F2N5O3S/c1-11-18(12(2)29-24-11)30(27,28)25(3)15-8-26(9-15)19-16(21)17(22-10-23-19)13-4-6-14(20)7-5-13/h4-7,10,15H,8-9H2,1-3H3. The lowest BCUT2D eigenvalue weighted by molar-refractivity contribution is 0.306. The maximum absolute atomic E-state index is 15.0. The van der Waals surface area contributed by atoms with E-state index in [1.807, 2.05) is 0 Å². The molecule has 3 aromatic rings. The van der Waals surface area contributed by atoms with Gasteiger partial charge in [-0.1, -0.05) is 5.16 Å². The second-order valence-electron chi connectivity index (χ2n) is 7.10. The summed E-state index contributed by atoms with van der Waals surface area (Å²) < 4.78 is 60.2. The van der Waals surface area contributed by atoms with E-state index in [9.17, 15) is 12.8 Å². The molecule has 2 aromatic heterocycles. The van der Waals surface area contributed by atoms with Gasteiger partial charge in [0.15, 0.2) is 17.4 Å². The third kappa shape index (κ3) is 3.33. The molecule has 0 unspecified atom stereocenters. The van der Waals surface area contributed by atoms with Gasteiger partial charge in [0, 0.05) is 25.7 Å². The molecule has 0 N–H and O–H groups in total. The van der Waals surface area contributed by atoms with Crippen molar-refractivity contribution >= 4 is 15.8 Å². The van der Waals surface area contributed by atoms with Crippen molar-refractivity contribution in [1.29, 1.82) is 0 Å². The van der Waals surface area contributed by atoms with Crippen LogP contribution < -0.4 is 4.90 Å². The first kappa shape index (κ1) is 20.4. The molecule has 3 heterocycles. The van der Waals surface area contributed by atoms with Gasteiger partial charge in [0.05, 0.1) is 6.04 Å². The monoisotopic (exact) mass is 435 g/mol. The van der Waals surface area contributed by atoms with Crippen molar-refractivity contribution in [1.82, 2.24) is 19.4 Å². The first-order valence-electron chi connectivity index (χ1n) is 9.12. The second-order valence-corrected chi connectivity index (χ2v) is 9.03. The average Bonchev–Trinajstić information content (AvgIpc) is 3.01. The number of aryl methyl sites for hydroxylation is 2. The fourth-order valence-corrected chi connectivity index (χ4v) is 5.06. The van der Waals surface area contributed by atoms with Crippen molar-refractivity contribution in [3.05, 3.63) is 53.7 Å². The number of aromatic nitrogens is 3. The van der Waals surface area contributed by atoms with Crippen LogP contribution in [0.3, 0.4) is 0 Å². The molecule has 11 heteroatoms. The molecule has 1 aliphatic rings. The lowest BCUT2D eigenvalue weighted by Gasteiger charge is -2.43. The normalized spacial score (nSPS) is 14.9. The van der Waals surface area contributed by atoms with E-state index in [2.05, 4.69) is 15.1 Å². The molecule has 4 rings (SSSR count). The zero-order valence-electron chi connectivity index (χ0n) is 16.5. The maximum atomic E-state index is 15.0. The lowest BCUT2D eigenvalue weighted by Crippen LogP contribution is -2.60. The zero-order valence-corrected chi connectivity index (χ0v) is 17.3. The molecule has 0 radical (unpaired) electrons. The van der Waals surface area contributed by atoms with E-state index < -0.39 is 21.7 Å². The summed E-state index contributed by atoms with van der Waals surface area (Å²) in [4.78, 5) is 9.66. The Labute approximate surface area is 172 Å². The predicted octanol–water partition coefficient (Wildman–Crippen LogP) is 2.54. The van der Waals surface area contributed by atoms with Crippen molar-refractivity contribution in [2.24, 2.45) is 0 Å². The summed E-state index contributed by atoms with van der Waals surface area (Å²) in [5.41, 5.74) is 0.772. The van der Waals surface area contributed by atoms with Crippen LogP contribution in [0.15, 0.2) is 40.0 Å². The number of nitrogens with zero attached hydrogens (tertiary/aromatic N) is 5.